The monoisotopic (exact) mass is 120 g/mol. The molecule has 42 valence electrons. The van der Waals surface area contributed by atoms with Gasteiger partial charge in [-0.15, -0.1) is 0 Å². The molecule has 0 bridgehead atoms. The van der Waals surface area contributed by atoms with Gasteiger partial charge in [0.05, 0.1) is 0 Å². The highest BCUT2D eigenvalue weighted by Crippen LogP contribution is 1.75. The second-order valence-corrected chi connectivity index (χ2v) is 2.46. The van der Waals surface area contributed by atoms with E-state index < -0.39 is 10.3 Å². The predicted molar refractivity (Wildman–Crippen MR) is 29.9 cm³/mol. The molecule has 0 rings (SSSR count). The second kappa shape index (κ2) is 2.80. The van der Waals surface area contributed by atoms with Gasteiger partial charge in [-0.2, -0.15) is 8.42 Å². The summed E-state index contributed by atoms with van der Waals surface area (Å²) in [6.45, 7) is 3.41. The summed E-state index contributed by atoms with van der Waals surface area (Å²) < 4.78 is 19.8. The summed E-state index contributed by atoms with van der Waals surface area (Å²) in [6.07, 6.45) is 0.621. The predicted octanol–water partition coefficient (Wildman–Crippen LogP) is 0.468. The molecule has 0 aliphatic heterocycles. The van der Waals surface area contributed by atoms with Gasteiger partial charge in [0.25, 0.3) is 0 Å². The van der Waals surface area contributed by atoms with Crippen LogP contribution in [0.2, 0.25) is 0 Å². The van der Waals surface area contributed by atoms with Gasteiger partial charge in [-0.25, -0.2) is 0 Å². The number of hydrogen-bond donors (Lipinski definition) is 0. The van der Waals surface area contributed by atoms with E-state index in [-0.39, 0.29) is 0 Å². The third-order valence-electron chi connectivity index (χ3n) is 0.782. The van der Waals surface area contributed by atoms with Crippen LogP contribution in [0.1, 0.15) is 20.3 Å². The minimum absolute atomic E-state index is 0.514. The molecule has 0 heterocycles. The zero-order chi connectivity index (χ0) is 5.86. The first-order chi connectivity index (χ1) is 3.18. The van der Waals surface area contributed by atoms with E-state index in [4.69, 9.17) is 0 Å². The molecule has 7 heavy (non-hydrogen) atoms. The van der Waals surface area contributed by atoms with E-state index in [0.29, 0.717) is 11.3 Å². The lowest BCUT2D eigenvalue weighted by molar-refractivity contribution is 0.626. The van der Waals surface area contributed by atoms with Crippen LogP contribution < -0.4 is 0 Å². The van der Waals surface area contributed by atoms with E-state index in [0.717, 1.165) is 0 Å². The van der Waals surface area contributed by atoms with Gasteiger partial charge in [-0.3, -0.25) is 0 Å². The molecule has 0 aromatic heterocycles. The third kappa shape index (κ3) is 2.39. The first-order valence-electron chi connectivity index (χ1n) is 2.10. The molecule has 0 spiro atoms. The molecule has 3 heteroatoms. The molecule has 0 aliphatic carbocycles. The van der Waals surface area contributed by atoms with Crippen molar-refractivity contribution in [2.45, 2.75) is 20.3 Å². The van der Waals surface area contributed by atoms with E-state index >= 15 is 0 Å². The van der Waals surface area contributed by atoms with E-state index in [1.165, 1.54) is 0 Å². The molecule has 0 N–H and O–H groups in total. The molecule has 0 fully saturated rings. The summed E-state index contributed by atoms with van der Waals surface area (Å²) in [6, 6.07) is 0. The van der Waals surface area contributed by atoms with Crippen molar-refractivity contribution in [3.8, 4) is 0 Å². The van der Waals surface area contributed by atoms with Crippen molar-refractivity contribution >= 4 is 15.2 Å². The summed E-state index contributed by atoms with van der Waals surface area (Å²) in [4.78, 5) is 0.514. The fourth-order valence-corrected chi connectivity index (χ4v) is 0.354. The summed E-state index contributed by atoms with van der Waals surface area (Å²) in [5.41, 5.74) is 0. The molecule has 0 saturated heterocycles. The Balaban J connectivity index is 4.33. The van der Waals surface area contributed by atoms with Crippen molar-refractivity contribution in [2.24, 2.45) is 0 Å². The third-order valence-corrected chi connectivity index (χ3v) is 1.64. The molecule has 0 saturated carbocycles. The minimum atomic E-state index is -1.94. The Morgan fingerprint density at radius 2 is 2.00 bits per heavy atom. The lowest BCUT2D eigenvalue weighted by Crippen LogP contribution is -1.86. The SMILES string of the molecule is CCC(C)=S(=O)=O. The van der Waals surface area contributed by atoms with Crippen molar-refractivity contribution < 1.29 is 8.42 Å². The van der Waals surface area contributed by atoms with Gasteiger partial charge in [0.15, 0.2) is 0 Å². The van der Waals surface area contributed by atoms with Crippen molar-refractivity contribution in [3.05, 3.63) is 0 Å². The summed E-state index contributed by atoms with van der Waals surface area (Å²) in [5, 5.41) is 0. The molecule has 0 amide bonds. The van der Waals surface area contributed by atoms with Crippen molar-refractivity contribution in [2.75, 3.05) is 0 Å². The average molecular weight is 120 g/mol. The Labute approximate surface area is 44.7 Å². The highest BCUT2D eigenvalue weighted by Gasteiger charge is 1.82. The lowest BCUT2D eigenvalue weighted by atomic mass is 10.4. The molecule has 0 aromatic carbocycles. The standard InChI is InChI=1S/C4H8O2S/c1-3-4(2)7(5)6/h3H2,1-2H3. The topological polar surface area (TPSA) is 34.1 Å². The summed E-state index contributed by atoms with van der Waals surface area (Å²) in [7, 11) is -1.94. The fourth-order valence-electron chi connectivity index (χ4n) is 0.118. The number of rotatable bonds is 1. The fraction of sp³-hybridized carbons (Fsp3) is 0.750. The highest BCUT2D eigenvalue weighted by atomic mass is 32.2. The van der Waals surface area contributed by atoms with Crippen LogP contribution in [0.25, 0.3) is 0 Å². The molecular weight excluding hydrogens is 112 g/mol. The van der Waals surface area contributed by atoms with Gasteiger partial charge in [0, 0.05) is 4.86 Å². The zero-order valence-electron chi connectivity index (χ0n) is 4.43. The molecule has 0 atom stereocenters. The normalized spacial score (nSPS) is 8.29. The van der Waals surface area contributed by atoms with Gasteiger partial charge in [0.2, 0.25) is 10.3 Å². The van der Waals surface area contributed by atoms with Crippen LogP contribution in [0.5, 0.6) is 0 Å². The average Bonchev–Trinajstić information content (AvgIpc) is 1.65. The first kappa shape index (κ1) is 6.69. The summed E-state index contributed by atoms with van der Waals surface area (Å²) >= 11 is 0. The smallest absolute Gasteiger partial charge is 0.185 e. The van der Waals surface area contributed by atoms with Crippen LogP contribution in [0.15, 0.2) is 0 Å². The van der Waals surface area contributed by atoms with Gasteiger partial charge in [0.1, 0.15) is 0 Å². The Kier molecular flexibility index (Phi) is 2.67. The maximum absolute atomic E-state index is 9.89. The van der Waals surface area contributed by atoms with Crippen molar-refractivity contribution in [1.29, 1.82) is 0 Å². The van der Waals surface area contributed by atoms with Gasteiger partial charge >= 0.3 is 0 Å². The van der Waals surface area contributed by atoms with Crippen molar-refractivity contribution in [1.82, 2.24) is 0 Å². The van der Waals surface area contributed by atoms with E-state index in [1.807, 2.05) is 6.92 Å². The largest absolute Gasteiger partial charge is 0.212 e. The summed E-state index contributed by atoms with van der Waals surface area (Å²) in [5.74, 6) is 0. The Morgan fingerprint density at radius 1 is 1.57 bits per heavy atom. The van der Waals surface area contributed by atoms with Crippen molar-refractivity contribution in [3.63, 3.8) is 0 Å². The molecule has 0 unspecified atom stereocenters. The molecule has 0 aliphatic rings. The molecule has 0 radical (unpaired) electrons. The van der Waals surface area contributed by atoms with Gasteiger partial charge in [-0.05, 0) is 13.3 Å². The number of hydrogen-bond acceptors (Lipinski definition) is 2. The van der Waals surface area contributed by atoms with Gasteiger partial charge < -0.3 is 0 Å². The molecular formula is C4H8O2S. The van der Waals surface area contributed by atoms with Crippen LogP contribution in [0.4, 0.5) is 0 Å². The Hall–Kier alpha value is -0.310. The van der Waals surface area contributed by atoms with Crippen LogP contribution >= 0.6 is 0 Å². The van der Waals surface area contributed by atoms with E-state index in [1.54, 1.807) is 6.92 Å². The first-order valence-corrected chi connectivity index (χ1v) is 3.17. The minimum Gasteiger partial charge on any atom is -0.185 e. The van der Waals surface area contributed by atoms with Crippen LogP contribution in [-0.4, -0.2) is 13.3 Å². The molecule has 0 aromatic rings. The molecule has 2 nitrogen and oxygen atoms in total. The maximum Gasteiger partial charge on any atom is 0.212 e. The second-order valence-electron chi connectivity index (χ2n) is 1.29. The zero-order valence-corrected chi connectivity index (χ0v) is 5.25. The highest BCUT2D eigenvalue weighted by molar-refractivity contribution is 7.72. The van der Waals surface area contributed by atoms with Crippen LogP contribution in [0, 0.1) is 0 Å². The van der Waals surface area contributed by atoms with Crippen LogP contribution in [0.3, 0.4) is 0 Å². The Morgan fingerprint density at radius 3 is 2.00 bits per heavy atom. The lowest BCUT2D eigenvalue weighted by Gasteiger charge is -1.76. The Bertz CT molecular complexity index is 156. The van der Waals surface area contributed by atoms with E-state index in [9.17, 15) is 8.42 Å². The maximum atomic E-state index is 9.89. The van der Waals surface area contributed by atoms with E-state index in [2.05, 4.69) is 0 Å². The van der Waals surface area contributed by atoms with Crippen LogP contribution in [-0.2, 0) is 10.3 Å². The quantitative estimate of drug-likeness (QED) is 0.471. The van der Waals surface area contributed by atoms with Gasteiger partial charge in [-0.1, -0.05) is 6.92 Å².